The van der Waals surface area contributed by atoms with Gasteiger partial charge >= 0.3 is 11.9 Å². The molecule has 0 fully saturated rings. The number of ether oxygens (including phenoxy) is 3. The van der Waals surface area contributed by atoms with Crippen molar-refractivity contribution in [1.82, 2.24) is 0 Å². The quantitative estimate of drug-likeness (QED) is 0.362. The Balaban J connectivity index is 4.07. The maximum atomic E-state index is 11.5. The van der Waals surface area contributed by atoms with Crippen LogP contribution in [0.3, 0.4) is 0 Å². The van der Waals surface area contributed by atoms with Crippen LogP contribution in [0, 0.1) is 0 Å². The molecule has 20 heavy (non-hydrogen) atoms. The number of ketones is 1. The molecule has 0 N–H and O–H groups in total. The second-order valence-corrected chi connectivity index (χ2v) is 4.35. The number of esters is 2. The summed E-state index contributed by atoms with van der Waals surface area (Å²) in [6.07, 6.45) is 1.63. The first-order valence-electron chi connectivity index (χ1n) is 6.44. The van der Waals surface area contributed by atoms with E-state index in [4.69, 9.17) is 14.2 Å². The third-order valence-electron chi connectivity index (χ3n) is 2.34. The highest BCUT2D eigenvalue weighted by Crippen LogP contribution is 2.03. The van der Waals surface area contributed by atoms with Crippen LogP contribution in [0.4, 0.5) is 0 Å². The minimum atomic E-state index is -1.000. The van der Waals surface area contributed by atoms with Gasteiger partial charge in [0.2, 0.25) is 0 Å². The van der Waals surface area contributed by atoms with Gasteiger partial charge in [-0.05, 0) is 39.7 Å². The standard InChI is InChI=1S/C14H22O6/c1-10(9-11(2)15)13(16)20-12(3)14(17)19-8-6-5-7-18-4/h9,12H,5-8H2,1-4H3. The summed E-state index contributed by atoms with van der Waals surface area (Å²) in [6.45, 7) is 5.07. The lowest BCUT2D eigenvalue weighted by Gasteiger charge is -2.12. The fraction of sp³-hybridized carbons (Fsp3) is 0.643. The molecule has 0 radical (unpaired) electrons. The van der Waals surface area contributed by atoms with Crippen LogP contribution < -0.4 is 0 Å². The maximum absolute atomic E-state index is 11.5. The number of carbonyl (C=O) groups is 3. The molecule has 114 valence electrons. The summed E-state index contributed by atoms with van der Waals surface area (Å²) >= 11 is 0. The molecule has 0 bridgehead atoms. The van der Waals surface area contributed by atoms with Gasteiger partial charge in [-0.2, -0.15) is 0 Å². The van der Waals surface area contributed by atoms with Crippen LogP contribution in [0.1, 0.15) is 33.6 Å². The molecular formula is C14H22O6. The van der Waals surface area contributed by atoms with Gasteiger partial charge in [-0.25, -0.2) is 9.59 Å². The number of rotatable bonds is 9. The van der Waals surface area contributed by atoms with Crippen molar-refractivity contribution in [2.45, 2.75) is 39.7 Å². The molecule has 0 aromatic carbocycles. The maximum Gasteiger partial charge on any atom is 0.347 e. The monoisotopic (exact) mass is 286 g/mol. The highest BCUT2D eigenvalue weighted by Gasteiger charge is 2.20. The third kappa shape index (κ3) is 8.42. The van der Waals surface area contributed by atoms with Crippen LogP contribution in [-0.2, 0) is 28.6 Å². The summed E-state index contributed by atoms with van der Waals surface area (Å²) in [4.78, 5) is 33.9. The molecule has 0 aliphatic heterocycles. The Kier molecular flexibility index (Phi) is 9.28. The van der Waals surface area contributed by atoms with Gasteiger partial charge < -0.3 is 14.2 Å². The molecule has 1 unspecified atom stereocenters. The van der Waals surface area contributed by atoms with Crippen molar-refractivity contribution in [3.8, 4) is 0 Å². The van der Waals surface area contributed by atoms with Gasteiger partial charge in [-0.3, -0.25) is 4.79 Å². The van der Waals surface area contributed by atoms with Crippen LogP contribution >= 0.6 is 0 Å². The molecule has 0 spiro atoms. The summed E-state index contributed by atoms with van der Waals surface area (Å²) in [7, 11) is 1.60. The van der Waals surface area contributed by atoms with E-state index in [0.717, 1.165) is 12.5 Å². The fourth-order valence-corrected chi connectivity index (χ4v) is 1.30. The Hall–Kier alpha value is -1.69. The fourth-order valence-electron chi connectivity index (χ4n) is 1.30. The number of hydrogen-bond acceptors (Lipinski definition) is 6. The van der Waals surface area contributed by atoms with E-state index in [0.29, 0.717) is 13.0 Å². The Morgan fingerprint density at radius 3 is 2.25 bits per heavy atom. The lowest BCUT2D eigenvalue weighted by atomic mass is 10.2. The van der Waals surface area contributed by atoms with Gasteiger partial charge in [0.05, 0.1) is 6.61 Å². The van der Waals surface area contributed by atoms with Crippen molar-refractivity contribution in [1.29, 1.82) is 0 Å². The molecule has 6 heteroatoms. The van der Waals surface area contributed by atoms with Crippen LogP contribution in [0.5, 0.6) is 0 Å². The van der Waals surface area contributed by atoms with E-state index in [1.807, 2.05) is 0 Å². The van der Waals surface area contributed by atoms with Gasteiger partial charge in [0.15, 0.2) is 11.9 Å². The molecule has 0 aliphatic carbocycles. The number of hydrogen-bond donors (Lipinski definition) is 0. The van der Waals surface area contributed by atoms with E-state index < -0.39 is 18.0 Å². The van der Waals surface area contributed by atoms with Crippen LogP contribution in [0.2, 0.25) is 0 Å². The number of unbranched alkanes of at least 4 members (excludes halogenated alkanes) is 1. The SMILES string of the molecule is COCCCCOC(=O)C(C)OC(=O)C(C)=CC(C)=O. The predicted molar refractivity (Wildman–Crippen MR) is 72.1 cm³/mol. The number of methoxy groups -OCH3 is 1. The van der Waals surface area contributed by atoms with E-state index in [1.165, 1.54) is 20.8 Å². The first-order chi connectivity index (χ1) is 9.38. The second kappa shape index (κ2) is 10.1. The van der Waals surface area contributed by atoms with E-state index in [-0.39, 0.29) is 18.0 Å². The van der Waals surface area contributed by atoms with Crippen molar-refractivity contribution in [3.63, 3.8) is 0 Å². The topological polar surface area (TPSA) is 78.9 Å². The minimum absolute atomic E-state index is 0.150. The Morgan fingerprint density at radius 2 is 1.70 bits per heavy atom. The average molecular weight is 286 g/mol. The van der Waals surface area contributed by atoms with E-state index in [1.54, 1.807) is 7.11 Å². The summed E-state index contributed by atoms with van der Waals surface area (Å²) in [5, 5.41) is 0. The molecule has 6 nitrogen and oxygen atoms in total. The van der Waals surface area contributed by atoms with Crippen molar-refractivity contribution >= 4 is 17.7 Å². The molecule has 0 saturated carbocycles. The van der Waals surface area contributed by atoms with Crippen molar-refractivity contribution in [2.75, 3.05) is 20.3 Å². The van der Waals surface area contributed by atoms with E-state index in [9.17, 15) is 14.4 Å². The zero-order valence-electron chi connectivity index (χ0n) is 12.4. The van der Waals surface area contributed by atoms with E-state index >= 15 is 0 Å². The van der Waals surface area contributed by atoms with Crippen LogP contribution in [0.15, 0.2) is 11.6 Å². The highest BCUT2D eigenvalue weighted by molar-refractivity contribution is 5.98. The van der Waals surface area contributed by atoms with Gasteiger partial charge in [0.1, 0.15) is 0 Å². The molecule has 0 heterocycles. The Morgan fingerprint density at radius 1 is 1.10 bits per heavy atom. The average Bonchev–Trinajstić information content (AvgIpc) is 2.37. The van der Waals surface area contributed by atoms with Crippen molar-refractivity contribution < 1.29 is 28.6 Å². The minimum Gasteiger partial charge on any atom is -0.463 e. The lowest BCUT2D eigenvalue weighted by molar-refractivity contribution is -0.164. The van der Waals surface area contributed by atoms with Crippen molar-refractivity contribution in [2.24, 2.45) is 0 Å². The molecule has 0 saturated heterocycles. The molecule has 0 aromatic rings. The number of carbonyl (C=O) groups excluding carboxylic acids is 3. The first kappa shape index (κ1) is 18.3. The summed E-state index contributed by atoms with van der Waals surface area (Å²) in [6, 6.07) is 0. The Bertz CT molecular complexity index is 372. The van der Waals surface area contributed by atoms with Crippen molar-refractivity contribution in [3.05, 3.63) is 11.6 Å². The van der Waals surface area contributed by atoms with E-state index in [2.05, 4.69) is 0 Å². The zero-order chi connectivity index (χ0) is 15.5. The lowest BCUT2D eigenvalue weighted by Crippen LogP contribution is -2.27. The molecule has 0 amide bonds. The Labute approximate surface area is 119 Å². The van der Waals surface area contributed by atoms with Crippen LogP contribution in [-0.4, -0.2) is 44.1 Å². The first-order valence-corrected chi connectivity index (χ1v) is 6.44. The highest BCUT2D eigenvalue weighted by atomic mass is 16.6. The zero-order valence-corrected chi connectivity index (χ0v) is 12.4. The smallest absolute Gasteiger partial charge is 0.347 e. The predicted octanol–water partition coefficient (Wildman–Crippen LogP) is 1.42. The molecule has 1 atom stereocenters. The largest absolute Gasteiger partial charge is 0.463 e. The number of allylic oxidation sites excluding steroid dienone is 1. The van der Waals surface area contributed by atoms with Gasteiger partial charge in [-0.1, -0.05) is 0 Å². The normalized spacial score (nSPS) is 12.7. The molecule has 0 aromatic heterocycles. The van der Waals surface area contributed by atoms with Gasteiger partial charge in [0.25, 0.3) is 0 Å². The van der Waals surface area contributed by atoms with Gasteiger partial charge in [0, 0.05) is 19.3 Å². The molecule has 0 rings (SSSR count). The molecular weight excluding hydrogens is 264 g/mol. The van der Waals surface area contributed by atoms with Crippen LogP contribution in [0.25, 0.3) is 0 Å². The summed E-state index contributed by atoms with van der Waals surface area (Å²) in [5.74, 6) is -1.57. The summed E-state index contributed by atoms with van der Waals surface area (Å²) < 4.78 is 14.7. The summed E-state index contributed by atoms with van der Waals surface area (Å²) in [5.41, 5.74) is 0.150. The third-order valence-corrected chi connectivity index (χ3v) is 2.34. The van der Waals surface area contributed by atoms with Gasteiger partial charge in [-0.15, -0.1) is 0 Å². The second-order valence-electron chi connectivity index (χ2n) is 4.35. The molecule has 0 aliphatic rings.